The number of anilines is 1. The lowest BCUT2D eigenvalue weighted by Crippen LogP contribution is -2.61. The number of piperazine rings is 1. The standard InChI is InChI=1S/C29H27N7O6/c37-27(13-19-1-2-22-25(11-19)42-18-41-22)36-9-8-34(26-3-5-31-29(33-26)35-7-6-30-17-35)15-21(36)28(38)32-14-20-12-24-23(40-16-20)4-10-39-24/h1-7,10-12,17,21H,8-9,13-16,18H2,(H,32,38). The van der Waals surface area contributed by atoms with Crippen molar-refractivity contribution in [1.82, 2.24) is 29.7 Å². The molecular weight excluding hydrogens is 542 g/mol. The van der Waals surface area contributed by atoms with Crippen LogP contribution >= 0.6 is 0 Å². The summed E-state index contributed by atoms with van der Waals surface area (Å²) in [5.74, 6) is 3.25. The Bertz CT molecular complexity index is 1650. The molecule has 1 fully saturated rings. The lowest BCUT2D eigenvalue weighted by atomic mass is 10.1. The van der Waals surface area contributed by atoms with E-state index in [4.69, 9.17) is 18.6 Å². The van der Waals surface area contributed by atoms with Gasteiger partial charge in [0.05, 0.1) is 12.7 Å². The Morgan fingerprint density at radius 3 is 2.86 bits per heavy atom. The number of fused-ring (bicyclic) bond motifs is 2. The van der Waals surface area contributed by atoms with Crippen LogP contribution < -0.4 is 24.4 Å². The van der Waals surface area contributed by atoms with Gasteiger partial charge in [-0.15, -0.1) is 0 Å². The van der Waals surface area contributed by atoms with Crippen molar-refractivity contribution in [3.05, 3.63) is 78.4 Å². The maximum atomic E-state index is 13.7. The summed E-state index contributed by atoms with van der Waals surface area (Å²) in [5, 5.41) is 3.00. The summed E-state index contributed by atoms with van der Waals surface area (Å²) in [4.78, 5) is 44.0. The molecular formula is C29H27N7O6. The molecule has 1 aromatic carbocycles. The second-order valence-corrected chi connectivity index (χ2v) is 10.1. The maximum Gasteiger partial charge on any atom is 0.244 e. The Morgan fingerprint density at radius 2 is 1.95 bits per heavy atom. The molecule has 0 aliphatic carbocycles. The van der Waals surface area contributed by atoms with Gasteiger partial charge in [0.15, 0.2) is 23.0 Å². The van der Waals surface area contributed by atoms with Crippen molar-refractivity contribution in [3.8, 4) is 23.2 Å². The molecule has 4 aromatic rings. The third-order valence-corrected chi connectivity index (χ3v) is 7.38. The van der Waals surface area contributed by atoms with E-state index in [1.165, 1.54) is 0 Å². The lowest BCUT2D eigenvalue weighted by Gasteiger charge is -2.41. The molecule has 3 aromatic heterocycles. The molecule has 3 aliphatic rings. The van der Waals surface area contributed by atoms with Gasteiger partial charge in [-0.25, -0.2) is 9.97 Å². The van der Waals surface area contributed by atoms with Crippen molar-refractivity contribution in [2.75, 3.05) is 44.5 Å². The fourth-order valence-electron chi connectivity index (χ4n) is 5.21. The number of rotatable bonds is 7. The van der Waals surface area contributed by atoms with Crippen molar-refractivity contribution in [2.24, 2.45) is 0 Å². The number of ether oxygens (including phenoxy) is 3. The van der Waals surface area contributed by atoms with E-state index in [-0.39, 0.29) is 38.1 Å². The van der Waals surface area contributed by atoms with Crippen LogP contribution in [0.3, 0.4) is 0 Å². The average molecular weight is 570 g/mol. The highest BCUT2D eigenvalue weighted by molar-refractivity contribution is 5.89. The van der Waals surface area contributed by atoms with E-state index in [1.807, 2.05) is 23.1 Å². The van der Waals surface area contributed by atoms with Crippen molar-refractivity contribution in [1.29, 1.82) is 0 Å². The third-order valence-electron chi connectivity index (χ3n) is 7.38. The predicted molar refractivity (Wildman–Crippen MR) is 148 cm³/mol. The molecule has 0 radical (unpaired) electrons. The molecule has 3 aliphatic heterocycles. The topological polar surface area (TPSA) is 137 Å². The van der Waals surface area contributed by atoms with Crippen molar-refractivity contribution >= 4 is 23.7 Å². The predicted octanol–water partition coefficient (Wildman–Crippen LogP) is 1.84. The molecule has 1 atom stereocenters. The van der Waals surface area contributed by atoms with Crippen LogP contribution in [0.25, 0.3) is 12.0 Å². The molecule has 1 unspecified atom stereocenters. The largest absolute Gasteiger partial charge is 0.485 e. The maximum absolute atomic E-state index is 13.7. The Labute approximate surface area is 240 Å². The SMILES string of the molecule is O=C(NCC1=Cc2occc2OC1)C1CN(c2ccnc(-n3ccnc3)n2)CCN1C(=O)Cc1ccc2c(c1)OCO2. The Balaban J connectivity index is 1.10. The smallest absolute Gasteiger partial charge is 0.244 e. The zero-order chi connectivity index (χ0) is 28.5. The summed E-state index contributed by atoms with van der Waals surface area (Å²) >= 11 is 0. The van der Waals surface area contributed by atoms with Crippen LogP contribution in [0.4, 0.5) is 5.82 Å². The van der Waals surface area contributed by atoms with Gasteiger partial charge in [0, 0.05) is 50.8 Å². The van der Waals surface area contributed by atoms with Crippen LogP contribution in [-0.4, -0.2) is 81.9 Å². The van der Waals surface area contributed by atoms with E-state index in [2.05, 4.69) is 20.3 Å². The first kappa shape index (κ1) is 25.6. The number of aromatic nitrogens is 4. The molecule has 6 heterocycles. The number of nitrogens with one attached hydrogen (secondary N) is 1. The zero-order valence-corrected chi connectivity index (χ0v) is 22.5. The molecule has 0 bridgehead atoms. The van der Waals surface area contributed by atoms with Crippen LogP contribution in [0.1, 0.15) is 11.3 Å². The molecule has 13 nitrogen and oxygen atoms in total. The Hall–Kier alpha value is -5.33. The first-order valence-electron chi connectivity index (χ1n) is 13.5. The summed E-state index contributed by atoms with van der Waals surface area (Å²) in [6.45, 7) is 1.86. The summed E-state index contributed by atoms with van der Waals surface area (Å²) in [6.07, 6.45) is 10.3. The average Bonchev–Trinajstić information content (AvgIpc) is 3.81. The van der Waals surface area contributed by atoms with Crippen molar-refractivity contribution in [3.63, 3.8) is 0 Å². The van der Waals surface area contributed by atoms with Gasteiger partial charge < -0.3 is 33.7 Å². The number of carbonyl (C=O) groups excluding carboxylic acids is 2. The molecule has 0 saturated carbocycles. The molecule has 42 heavy (non-hydrogen) atoms. The van der Waals surface area contributed by atoms with Gasteiger partial charge in [-0.1, -0.05) is 6.07 Å². The first-order chi connectivity index (χ1) is 20.6. The molecule has 214 valence electrons. The highest BCUT2D eigenvalue weighted by atomic mass is 16.7. The Morgan fingerprint density at radius 1 is 1.02 bits per heavy atom. The summed E-state index contributed by atoms with van der Waals surface area (Å²) in [5.41, 5.74) is 1.64. The number of hydrogen-bond acceptors (Lipinski definition) is 10. The van der Waals surface area contributed by atoms with Gasteiger partial charge in [0.2, 0.25) is 24.6 Å². The van der Waals surface area contributed by atoms with Gasteiger partial charge in [-0.2, -0.15) is 4.98 Å². The number of imidazole rings is 1. The monoisotopic (exact) mass is 569 g/mol. The molecule has 0 spiro atoms. The van der Waals surface area contributed by atoms with Gasteiger partial charge in [-0.3, -0.25) is 14.2 Å². The number of carbonyl (C=O) groups is 2. The van der Waals surface area contributed by atoms with Gasteiger partial charge in [0.1, 0.15) is 24.8 Å². The summed E-state index contributed by atoms with van der Waals surface area (Å²) < 4.78 is 23.7. The van der Waals surface area contributed by atoms with Crippen LogP contribution in [0.5, 0.6) is 17.2 Å². The first-order valence-corrected chi connectivity index (χ1v) is 13.5. The van der Waals surface area contributed by atoms with Crippen LogP contribution in [0.2, 0.25) is 0 Å². The molecule has 7 rings (SSSR count). The number of hydrogen-bond donors (Lipinski definition) is 1. The van der Waals surface area contributed by atoms with Crippen molar-refractivity contribution < 1.29 is 28.2 Å². The number of amides is 2. The van der Waals surface area contributed by atoms with Crippen LogP contribution in [0.15, 0.2) is 71.5 Å². The van der Waals surface area contributed by atoms with Crippen LogP contribution in [-0.2, 0) is 16.0 Å². The molecule has 1 saturated heterocycles. The van der Waals surface area contributed by atoms with Gasteiger partial charge >= 0.3 is 0 Å². The fourth-order valence-corrected chi connectivity index (χ4v) is 5.21. The summed E-state index contributed by atoms with van der Waals surface area (Å²) in [6, 6.07) is 8.24. The second kappa shape index (κ2) is 10.9. The highest BCUT2D eigenvalue weighted by Gasteiger charge is 2.36. The van der Waals surface area contributed by atoms with Gasteiger partial charge in [0.25, 0.3) is 0 Å². The third kappa shape index (κ3) is 5.11. The zero-order valence-electron chi connectivity index (χ0n) is 22.5. The molecule has 2 amide bonds. The number of nitrogens with zero attached hydrogens (tertiary/aromatic N) is 6. The second-order valence-electron chi connectivity index (χ2n) is 10.1. The molecule has 1 N–H and O–H groups in total. The fraction of sp³-hybridized carbons (Fsp3) is 0.276. The van der Waals surface area contributed by atoms with E-state index in [0.717, 1.165) is 11.1 Å². The van der Waals surface area contributed by atoms with E-state index in [1.54, 1.807) is 58.8 Å². The van der Waals surface area contributed by atoms with Crippen molar-refractivity contribution in [2.45, 2.75) is 12.5 Å². The van der Waals surface area contributed by atoms with E-state index in [0.29, 0.717) is 54.5 Å². The number of furan rings is 1. The minimum Gasteiger partial charge on any atom is -0.485 e. The Kier molecular flexibility index (Phi) is 6.66. The minimum absolute atomic E-state index is 0.124. The van der Waals surface area contributed by atoms with Gasteiger partial charge in [-0.05, 0) is 35.4 Å². The van der Waals surface area contributed by atoms with E-state index >= 15 is 0 Å². The quantitative estimate of drug-likeness (QED) is 0.351. The highest BCUT2D eigenvalue weighted by Crippen LogP contribution is 2.33. The van der Waals surface area contributed by atoms with Crippen LogP contribution in [0, 0.1) is 0 Å². The normalized spacial score (nSPS) is 17.3. The number of benzene rings is 1. The minimum atomic E-state index is -0.754. The summed E-state index contributed by atoms with van der Waals surface area (Å²) in [7, 11) is 0. The van der Waals surface area contributed by atoms with E-state index < -0.39 is 6.04 Å². The van der Waals surface area contributed by atoms with E-state index in [9.17, 15) is 9.59 Å². The lowest BCUT2D eigenvalue weighted by molar-refractivity contribution is -0.140. The molecule has 13 heteroatoms.